The average Bonchev–Trinajstić information content (AvgIpc) is 3.28. The van der Waals surface area contributed by atoms with E-state index in [0.29, 0.717) is 10.6 Å². The number of non-ortho nitro benzene ring substituents is 1. The van der Waals surface area contributed by atoms with E-state index in [1.54, 1.807) is 12.1 Å². The van der Waals surface area contributed by atoms with Gasteiger partial charge < -0.3 is 14.7 Å². The summed E-state index contributed by atoms with van der Waals surface area (Å²) in [5.41, 5.74) is 0.563. The van der Waals surface area contributed by atoms with Crippen molar-refractivity contribution in [2.24, 2.45) is 0 Å². The Kier molecular flexibility index (Phi) is 4.96. The molecule has 1 aliphatic rings. The number of ether oxygens (including phenoxy) is 1. The minimum atomic E-state index is -1.09. The van der Waals surface area contributed by atoms with Gasteiger partial charge in [-0.3, -0.25) is 14.9 Å². The van der Waals surface area contributed by atoms with Crippen molar-refractivity contribution in [1.82, 2.24) is 9.88 Å². The first-order chi connectivity index (χ1) is 12.4. The van der Waals surface area contributed by atoms with Gasteiger partial charge in [-0.2, -0.15) is 0 Å². The molecule has 2 aromatic rings. The molecule has 10 heteroatoms. The molecule has 0 bridgehead atoms. The van der Waals surface area contributed by atoms with E-state index in [9.17, 15) is 24.8 Å². The lowest BCUT2D eigenvalue weighted by molar-refractivity contribution is -0.384. The number of carbonyl (C=O) groups is 2. The van der Waals surface area contributed by atoms with Gasteiger partial charge in [0.05, 0.1) is 11.0 Å². The second-order valence-corrected chi connectivity index (χ2v) is 6.61. The molecule has 1 aromatic carbocycles. The molecular formula is C16H15N3O6S. The molecule has 0 radical (unpaired) electrons. The van der Waals surface area contributed by atoms with E-state index in [4.69, 9.17) is 4.74 Å². The number of nitro groups is 1. The SMILES string of the molecule is COC1CC(C(=O)O)N(C(=O)c2csc(-c3cccc([N+](=O)[O-])c3)n2)C1. The number of aliphatic carboxylic acids is 1. The standard InChI is InChI=1S/C16H15N3O6S/c1-25-11-6-13(16(21)22)18(7-11)15(20)12-8-26-14(17-12)9-3-2-4-10(5-9)19(23)24/h2-5,8,11,13H,6-7H2,1H3,(H,21,22). The van der Waals surface area contributed by atoms with Gasteiger partial charge in [-0.1, -0.05) is 12.1 Å². The molecule has 1 aromatic heterocycles. The lowest BCUT2D eigenvalue weighted by Crippen LogP contribution is -2.40. The molecule has 2 atom stereocenters. The first-order valence-electron chi connectivity index (χ1n) is 7.67. The summed E-state index contributed by atoms with van der Waals surface area (Å²) in [6, 6.07) is 4.99. The second kappa shape index (κ2) is 7.18. The molecule has 1 N–H and O–H groups in total. The highest BCUT2D eigenvalue weighted by molar-refractivity contribution is 7.13. The number of nitrogens with zero attached hydrogens (tertiary/aromatic N) is 3. The number of benzene rings is 1. The van der Waals surface area contributed by atoms with Crippen LogP contribution >= 0.6 is 11.3 Å². The van der Waals surface area contributed by atoms with Crippen LogP contribution in [0.5, 0.6) is 0 Å². The Morgan fingerprint density at radius 1 is 1.46 bits per heavy atom. The van der Waals surface area contributed by atoms with Crippen LogP contribution < -0.4 is 0 Å². The third-order valence-electron chi connectivity index (χ3n) is 4.17. The van der Waals surface area contributed by atoms with Crippen molar-refractivity contribution in [3.63, 3.8) is 0 Å². The summed E-state index contributed by atoms with van der Waals surface area (Å²) in [4.78, 5) is 40.0. The molecular weight excluding hydrogens is 362 g/mol. The lowest BCUT2D eigenvalue weighted by atomic mass is 10.2. The van der Waals surface area contributed by atoms with Crippen LogP contribution in [0.3, 0.4) is 0 Å². The van der Waals surface area contributed by atoms with Crippen molar-refractivity contribution in [2.75, 3.05) is 13.7 Å². The number of likely N-dealkylation sites (tertiary alicyclic amines) is 1. The monoisotopic (exact) mass is 377 g/mol. The predicted molar refractivity (Wildman–Crippen MR) is 92.1 cm³/mol. The van der Waals surface area contributed by atoms with Gasteiger partial charge in [0.1, 0.15) is 16.7 Å². The van der Waals surface area contributed by atoms with Gasteiger partial charge in [0, 0.05) is 43.2 Å². The summed E-state index contributed by atoms with van der Waals surface area (Å²) in [6.07, 6.45) is -0.116. The number of hydrogen-bond acceptors (Lipinski definition) is 7. The highest BCUT2D eigenvalue weighted by Crippen LogP contribution is 2.29. The molecule has 136 valence electrons. The van der Waals surface area contributed by atoms with Crippen molar-refractivity contribution in [3.05, 3.63) is 45.5 Å². The summed E-state index contributed by atoms with van der Waals surface area (Å²) >= 11 is 1.17. The number of rotatable bonds is 5. The number of amides is 1. The molecule has 9 nitrogen and oxygen atoms in total. The van der Waals surface area contributed by atoms with Crippen LogP contribution in [-0.4, -0.2) is 57.6 Å². The summed E-state index contributed by atoms with van der Waals surface area (Å²) in [7, 11) is 1.47. The fourth-order valence-corrected chi connectivity index (χ4v) is 3.62. The molecule has 0 saturated carbocycles. The molecule has 1 saturated heterocycles. The molecule has 1 amide bonds. The highest BCUT2D eigenvalue weighted by Gasteiger charge is 2.40. The fourth-order valence-electron chi connectivity index (χ4n) is 2.83. The van der Waals surface area contributed by atoms with Crippen LogP contribution in [0.2, 0.25) is 0 Å². The third kappa shape index (κ3) is 3.41. The second-order valence-electron chi connectivity index (χ2n) is 5.75. The number of nitro benzene ring substituents is 1. The topological polar surface area (TPSA) is 123 Å². The summed E-state index contributed by atoms with van der Waals surface area (Å²) in [5, 5.41) is 22.2. The molecule has 2 unspecified atom stereocenters. The minimum Gasteiger partial charge on any atom is -0.480 e. The quantitative estimate of drug-likeness (QED) is 0.624. The van der Waals surface area contributed by atoms with E-state index >= 15 is 0 Å². The Morgan fingerprint density at radius 2 is 2.23 bits per heavy atom. The van der Waals surface area contributed by atoms with Crippen molar-refractivity contribution < 1.29 is 24.4 Å². The first kappa shape index (κ1) is 18.0. The maximum Gasteiger partial charge on any atom is 0.326 e. The van der Waals surface area contributed by atoms with Crippen LogP contribution in [0.15, 0.2) is 29.6 Å². The zero-order chi connectivity index (χ0) is 18.8. The van der Waals surface area contributed by atoms with Gasteiger partial charge >= 0.3 is 5.97 Å². The number of carboxylic acid groups (broad SMARTS) is 1. The summed E-state index contributed by atoms with van der Waals surface area (Å²) in [5.74, 6) is -1.59. The molecule has 1 aliphatic heterocycles. The zero-order valence-corrected chi connectivity index (χ0v) is 14.5. The zero-order valence-electron chi connectivity index (χ0n) is 13.7. The summed E-state index contributed by atoms with van der Waals surface area (Å²) < 4.78 is 5.18. The van der Waals surface area contributed by atoms with Gasteiger partial charge in [0.2, 0.25) is 0 Å². The smallest absolute Gasteiger partial charge is 0.326 e. The molecule has 2 heterocycles. The van der Waals surface area contributed by atoms with Gasteiger partial charge in [-0.25, -0.2) is 9.78 Å². The maximum absolute atomic E-state index is 12.7. The molecule has 0 spiro atoms. The van der Waals surface area contributed by atoms with Crippen LogP contribution in [-0.2, 0) is 9.53 Å². The third-order valence-corrected chi connectivity index (χ3v) is 5.06. The number of aromatic nitrogens is 1. The number of carbonyl (C=O) groups excluding carboxylic acids is 1. The van der Waals surface area contributed by atoms with E-state index in [0.717, 1.165) is 0 Å². The fraction of sp³-hybridized carbons (Fsp3) is 0.312. The highest BCUT2D eigenvalue weighted by atomic mass is 32.1. The van der Waals surface area contributed by atoms with E-state index in [1.807, 2.05) is 0 Å². The largest absolute Gasteiger partial charge is 0.480 e. The van der Waals surface area contributed by atoms with E-state index in [1.165, 1.54) is 40.9 Å². The van der Waals surface area contributed by atoms with Crippen LogP contribution in [0.1, 0.15) is 16.9 Å². The number of thiazole rings is 1. The normalized spacial score (nSPS) is 19.5. The van der Waals surface area contributed by atoms with Crippen molar-refractivity contribution >= 4 is 28.9 Å². The Morgan fingerprint density at radius 3 is 2.88 bits per heavy atom. The van der Waals surface area contributed by atoms with Crippen molar-refractivity contribution in [3.8, 4) is 10.6 Å². The van der Waals surface area contributed by atoms with Crippen molar-refractivity contribution in [2.45, 2.75) is 18.6 Å². The number of hydrogen-bond donors (Lipinski definition) is 1. The van der Waals surface area contributed by atoms with Crippen molar-refractivity contribution in [1.29, 1.82) is 0 Å². The van der Waals surface area contributed by atoms with Crippen LogP contribution in [0.25, 0.3) is 10.6 Å². The minimum absolute atomic E-state index is 0.0704. The van der Waals surface area contributed by atoms with E-state index < -0.39 is 22.8 Å². The Hall–Kier alpha value is -2.85. The van der Waals surface area contributed by atoms with Gasteiger partial charge in [0.25, 0.3) is 11.6 Å². The molecule has 26 heavy (non-hydrogen) atoms. The maximum atomic E-state index is 12.7. The first-order valence-corrected chi connectivity index (χ1v) is 8.55. The Bertz CT molecular complexity index is 867. The number of methoxy groups -OCH3 is 1. The Balaban J connectivity index is 1.85. The van der Waals surface area contributed by atoms with Crippen LogP contribution in [0, 0.1) is 10.1 Å². The molecule has 0 aliphatic carbocycles. The lowest BCUT2D eigenvalue weighted by Gasteiger charge is -2.19. The molecule has 1 fully saturated rings. The number of carboxylic acids is 1. The van der Waals surface area contributed by atoms with E-state index in [2.05, 4.69) is 4.98 Å². The van der Waals surface area contributed by atoms with Gasteiger partial charge in [0.15, 0.2) is 0 Å². The predicted octanol–water partition coefficient (Wildman–Crippen LogP) is 2.03. The van der Waals surface area contributed by atoms with Gasteiger partial charge in [-0.15, -0.1) is 11.3 Å². The summed E-state index contributed by atoms with van der Waals surface area (Å²) in [6.45, 7) is 0.177. The Labute approximate surface area is 152 Å². The molecule has 3 rings (SSSR count). The van der Waals surface area contributed by atoms with Gasteiger partial charge in [-0.05, 0) is 0 Å². The van der Waals surface area contributed by atoms with Crippen LogP contribution in [0.4, 0.5) is 5.69 Å². The van der Waals surface area contributed by atoms with E-state index in [-0.39, 0.29) is 30.5 Å². The average molecular weight is 377 g/mol.